The van der Waals surface area contributed by atoms with Gasteiger partial charge in [0.05, 0.1) is 11.1 Å². The molecule has 2 heterocycles. The lowest BCUT2D eigenvalue weighted by Crippen LogP contribution is -2.23. The van der Waals surface area contributed by atoms with Crippen LogP contribution in [-0.4, -0.2) is 17.4 Å². The van der Waals surface area contributed by atoms with Crippen molar-refractivity contribution in [2.75, 3.05) is 6.54 Å². The molecule has 0 bridgehead atoms. The molecule has 0 unspecified atom stereocenters. The lowest BCUT2D eigenvalue weighted by Gasteiger charge is -2.08. The second-order valence-electron chi connectivity index (χ2n) is 4.84. The van der Waals surface area contributed by atoms with E-state index in [0.717, 1.165) is 16.7 Å². The Hall–Kier alpha value is -2.62. The van der Waals surface area contributed by atoms with Gasteiger partial charge in [-0.1, -0.05) is 18.2 Å². The number of aryl methyl sites for hydroxylation is 1. The molecule has 21 heavy (non-hydrogen) atoms. The van der Waals surface area contributed by atoms with Crippen molar-refractivity contribution < 1.29 is 9.21 Å². The van der Waals surface area contributed by atoms with Gasteiger partial charge in [-0.15, -0.1) is 0 Å². The largest absolute Gasteiger partial charge is 0.460 e. The molecular weight excluding hydrogens is 264 g/mol. The number of benzene rings is 1. The molecular formula is C17H16N2O2. The number of hydrogen-bond acceptors (Lipinski definition) is 3. The molecule has 3 aromatic rings. The first kappa shape index (κ1) is 13.4. The monoisotopic (exact) mass is 280 g/mol. The van der Waals surface area contributed by atoms with Crippen LogP contribution in [0.25, 0.3) is 22.4 Å². The molecule has 3 rings (SSSR count). The molecule has 0 fully saturated rings. The number of hydrogen-bond donors (Lipinski definition) is 1. The molecule has 0 spiro atoms. The average Bonchev–Trinajstić information content (AvgIpc) is 2.93. The van der Waals surface area contributed by atoms with Crippen LogP contribution >= 0.6 is 0 Å². The number of aromatic nitrogens is 1. The van der Waals surface area contributed by atoms with E-state index in [1.807, 2.05) is 50.2 Å². The van der Waals surface area contributed by atoms with Crippen LogP contribution in [0.3, 0.4) is 0 Å². The van der Waals surface area contributed by atoms with Crippen LogP contribution in [0.15, 0.2) is 46.9 Å². The van der Waals surface area contributed by atoms with Crippen LogP contribution in [-0.2, 0) is 0 Å². The number of pyridine rings is 1. The molecule has 106 valence electrons. The summed E-state index contributed by atoms with van der Waals surface area (Å²) < 4.78 is 5.62. The van der Waals surface area contributed by atoms with Gasteiger partial charge >= 0.3 is 0 Å². The van der Waals surface area contributed by atoms with Crippen LogP contribution in [0.5, 0.6) is 0 Å². The topological polar surface area (TPSA) is 55.1 Å². The molecule has 2 aromatic heterocycles. The summed E-state index contributed by atoms with van der Waals surface area (Å²) in [6.45, 7) is 4.37. The van der Waals surface area contributed by atoms with Gasteiger partial charge in [-0.05, 0) is 38.1 Å². The molecule has 4 nitrogen and oxygen atoms in total. The van der Waals surface area contributed by atoms with E-state index in [1.54, 1.807) is 6.07 Å². The summed E-state index contributed by atoms with van der Waals surface area (Å²) in [5.74, 6) is 1.39. The third-order valence-electron chi connectivity index (χ3n) is 3.29. The fourth-order valence-corrected chi connectivity index (χ4v) is 2.32. The molecule has 4 heteroatoms. The van der Waals surface area contributed by atoms with Gasteiger partial charge in [0.25, 0.3) is 5.91 Å². The minimum absolute atomic E-state index is 0.0966. The summed E-state index contributed by atoms with van der Waals surface area (Å²) in [6.07, 6.45) is 0. The normalized spacial score (nSPS) is 10.8. The van der Waals surface area contributed by atoms with Crippen molar-refractivity contribution in [1.29, 1.82) is 0 Å². The first-order valence-electron chi connectivity index (χ1n) is 6.94. The van der Waals surface area contributed by atoms with E-state index in [2.05, 4.69) is 10.3 Å². The summed E-state index contributed by atoms with van der Waals surface area (Å²) in [5.41, 5.74) is 2.07. The number of fused-ring (bicyclic) bond motifs is 1. The van der Waals surface area contributed by atoms with Gasteiger partial charge in [-0.25, -0.2) is 4.98 Å². The van der Waals surface area contributed by atoms with E-state index >= 15 is 0 Å². The van der Waals surface area contributed by atoms with Crippen molar-refractivity contribution in [2.24, 2.45) is 0 Å². The van der Waals surface area contributed by atoms with Crippen molar-refractivity contribution >= 4 is 16.8 Å². The maximum atomic E-state index is 12.3. The number of furan rings is 1. The predicted molar refractivity (Wildman–Crippen MR) is 82.2 cm³/mol. The third-order valence-corrected chi connectivity index (χ3v) is 3.29. The number of nitrogens with one attached hydrogen (secondary N) is 1. The molecule has 0 atom stereocenters. The number of rotatable bonds is 3. The maximum absolute atomic E-state index is 12.3. The van der Waals surface area contributed by atoms with Gasteiger partial charge in [0, 0.05) is 11.9 Å². The summed E-state index contributed by atoms with van der Waals surface area (Å²) >= 11 is 0. The van der Waals surface area contributed by atoms with Gasteiger partial charge < -0.3 is 9.73 Å². The van der Waals surface area contributed by atoms with Gasteiger partial charge in [-0.3, -0.25) is 4.79 Å². The molecule has 1 amide bonds. The van der Waals surface area contributed by atoms with E-state index in [4.69, 9.17) is 4.42 Å². The molecule has 0 aliphatic carbocycles. The highest BCUT2D eigenvalue weighted by Gasteiger charge is 2.14. The Morgan fingerprint density at radius 3 is 2.76 bits per heavy atom. The second-order valence-corrected chi connectivity index (χ2v) is 4.84. The van der Waals surface area contributed by atoms with E-state index in [0.29, 0.717) is 23.6 Å². The number of amides is 1. The van der Waals surface area contributed by atoms with Crippen molar-refractivity contribution in [2.45, 2.75) is 13.8 Å². The highest BCUT2D eigenvalue weighted by molar-refractivity contribution is 6.07. The highest BCUT2D eigenvalue weighted by Crippen LogP contribution is 2.26. The Labute approximate surface area is 122 Å². The van der Waals surface area contributed by atoms with Crippen molar-refractivity contribution in [1.82, 2.24) is 10.3 Å². The number of nitrogens with zero attached hydrogens (tertiary/aromatic N) is 1. The number of para-hydroxylation sites is 1. The van der Waals surface area contributed by atoms with Crippen LogP contribution < -0.4 is 5.32 Å². The molecule has 0 saturated carbocycles. The summed E-state index contributed by atoms with van der Waals surface area (Å²) in [7, 11) is 0. The zero-order chi connectivity index (χ0) is 14.8. The Morgan fingerprint density at radius 1 is 1.24 bits per heavy atom. The summed E-state index contributed by atoms with van der Waals surface area (Å²) in [6, 6.07) is 13.2. The Morgan fingerprint density at radius 2 is 2.05 bits per heavy atom. The number of carbonyl (C=O) groups is 1. The second kappa shape index (κ2) is 5.40. The zero-order valence-electron chi connectivity index (χ0n) is 12.0. The minimum Gasteiger partial charge on any atom is -0.460 e. The van der Waals surface area contributed by atoms with Crippen molar-refractivity contribution in [3.05, 3.63) is 53.8 Å². The minimum atomic E-state index is -0.0966. The summed E-state index contributed by atoms with van der Waals surface area (Å²) in [4.78, 5) is 16.9. The lowest BCUT2D eigenvalue weighted by molar-refractivity contribution is 0.0957. The van der Waals surface area contributed by atoms with Crippen LogP contribution in [0.4, 0.5) is 0 Å². The first-order valence-corrected chi connectivity index (χ1v) is 6.94. The first-order chi connectivity index (χ1) is 10.2. The van der Waals surface area contributed by atoms with Gasteiger partial charge in [0.1, 0.15) is 11.5 Å². The van der Waals surface area contributed by atoms with Crippen molar-refractivity contribution in [3.63, 3.8) is 0 Å². The quantitative estimate of drug-likeness (QED) is 0.798. The standard InChI is InChI=1S/C17H16N2O2/c1-3-18-17(20)13-10-15(16-9-8-11(2)21-16)19-14-7-5-4-6-12(13)14/h4-10H,3H2,1-2H3,(H,18,20). The molecule has 0 radical (unpaired) electrons. The zero-order valence-corrected chi connectivity index (χ0v) is 12.0. The Kier molecular flexibility index (Phi) is 3.44. The van der Waals surface area contributed by atoms with E-state index < -0.39 is 0 Å². The molecule has 0 aliphatic rings. The SMILES string of the molecule is CCNC(=O)c1cc(-c2ccc(C)o2)nc2ccccc12. The van der Waals surface area contributed by atoms with Crippen LogP contribution in [0.1, 0.15) is 23.0 Å². The van der Waals surface area contributed by atoms with Crippen LogP contribution in [0.2, 0.25) is 0 Å². The molecule has 0 aliphatic heterocycles. The average molecular weight is 280 g/mol. The van der Waals surface area contributed by atoms with E-state index in [1.165, 1.54) is 0 Å². The predicted octanol–water partition coefficient (Wildman–Crippen LogP) is 3.55. The van der Waals surface area contributed by atoms with Gasteiger partial charge in [0.2, 0.25) is 0 Å². The highest BCUT2D eigenvalue weighted by atomic mass is 16.3. The molecule has 1 aromatic carbocycles. The third kappa shape index (κ3) is 2.52. The fraction of sp³-hybridized carbons (Fsp3) is 0.176. The van der Waals surface area contributed by atoms with E-state index in [-0.39, 0.29) is 5.91 Å². The van der Waals surface area contributed by atoms with Gasteiger partial charge in [-0.2, -0.15) is 0 Å². The van der Waals surface area contributed by atoms with Crippen LogP contribution in [0, 0.1) is 6.92 Å². The van der Waals surface area contributed by atoms with Gasteiger partial charge in [0.15, 0.2) is 5.76 Å². The van der Waals surface area contributed by atoms with Crippen molar-refractivity contribution in [3.8, 4) is 11.5 Å². The fourth-order valence-electron chi connectivity index (χ4n) is 2.32. The van der Waals surface area contributed by atoms with E-state index in [9.17, 15) is 4.79 Å². The lowest BCUT2D eigenvalue weighted by atomic mass is 10.1. The molecule has 0 saturated heterocycles. The summed E-state index contributed by atoms with van der Waals surface area (Å²) in [5, 5.41) is 3.68. The smallest absolute Gasteiger partial charge is 0.252 e. The Balaban J connectivity index is 2.21. The maximum Gasteiger partial charge on any atom is 0.252 e. The number of carbonyl (C=O) groups excluding carboxylic acids is 1. The molecule has 1 N–H and O–H groups in total. The Bertz CT molecular complexity index is 805.